The minimum Gasteiger partial charge on any atom is -0.440 e. The Balaban J connectivity index is 1.59. The van der Waals surface area contributed by atoms with E-state index >= 15 is 0 Å². The largest absolute Gasteiger partial charge is 0.440 e. The van der Waals surface area contributed by atoms with E-state index in [9.17, 15) is 22.4 Å². The van der Waals surface area contributed by atoms with Crippen molar-refractivity contribution in [3.8, 4) is 11.5 Å². The predicted octanol–water partition coefficient (Wildman–Crippen LogP) is 5.54. The molecule has 170 valence electrons. The van der Waals surface area contributed by atoms with Gasteiger partial charge in [0.25, 0.3) is 5.91 Å². The monoisotopic (exact) mass is 457 g/mol. The maximum absolute atomic E-state index is 14.1. The van der Waals surface area contributed by atoms with Crippen molar-refractivity contribution in [3.63, 3.8) is 0 Å². The van der Waals surface area contributed by atoms with Gasteiger partial charge in [-0.05, 0) is 61.7 Å². The Hall–Kier alpha value is -3.55. The summed E-state index contributed by atoms with van der Waals surface area (Å²) in [5, 5.41) is 0. The van der Waals surface area contributed by atoms with E-state index in [0.29, 0.717) is 30.8 Å². The highest BCUT2D eigenvalue weighted by Gasteiger charge is 2.47. The van der Waals surface area contributed by atoms with Crippen LogP contribution in [0.1, 0.15) is 40.7 Å². The highest BCUT2D eigenvalue weighted by Crippen LogP contribution is 2.48. The summed E-state index contributed by atoms with van der Waals surface area (Å²) in [4.78, 5) is 14.7. The highest BCUT2D eigenvalue weighted by atomic mass is 19.1. The lowest BCUT2D eigenvalue weighted by molar-refractivity contribution is -0.0468. The summed E-state index contributed by atoms with van der Waals surface area (Å²) in [5.74, 6) is -5.59. The van der Waals surface area contributed by atoms with Gasteiger partial charge in [-0.3, -0.25) is 4.79 Å². The van der Waals surface area contributed by atoms with Gasteiger partial charge in [0.15, 0.2) is 11.5 Å². The van der Waals surface area contributed by atoms with Crippen molar-refractivity contribution in [2.75, 3.05) is 13.1 Å². The maximum atomic E-state index is 14.1. The molecule has 33 heavy (non-hydrogen) atoms. The minimum absolute atomic E-state index is 0.118. The average Bonchev–Trinajstić information content (AvgIpc) is 3.18. The van der Waals surface area contributed by atoms with Crippen molar-refractivity contribution >= 4 is 5.91 Å². The summed E-state index contributed by atoms with van der Waals surface area (Å²) in [6.07, 6.45) is 2.92. The zero-order valence-corrected chi connectivity index (χ0v) is 17.4. The summed E-state index contributed by atoms with van der Waals surface area (Å²) in [6, 6.07) is 9.75. The van der Waals surface area contributed by atoms with Crippen molar-refractivity contribution in [2.24, 2.45) is 0 Å². The summed E-state index contributed by atoms with van der Waals surface area (Å²) < 4.78 is 68.3. The van der Waals surface area contributed by atoms with E-state index in [4.69, 9.17) is 9.47 Å². The van der Waals surface area contributed by atoms with Gasteiger partial charge in [-0.2, -0.15) is 0 Å². The van der Waals surface area contributed by atoms with Crippen molar-refractivity contribution in [1.82, 2.24) is 4.90 Å². The van der Waals surface area contributed by atoms with E-state index in [0.717, 1.165) is 43.5 Å². The van der Waals surface area contributed by atoms with Crippen molar-refractivity contribution < 1.29 is 31.8 Å². The molecule has 0 aliphatic carbocycles. The molecule has 1 saturated heterocycles. The van der Waals surface area contributed by atoms with E-state index in [1.165, 1.54) is 12.1 Å². The molecule has 8 heteroatoms. The molecule has 0 radical (unpaired) electrons. The molecule has 0 aromatic heterocycles. The summed E-state index contributed by atoms with van der Waals surface area (Å²) in [5.41, 5.74) is 0.0844. The van der Waals surface area contributed by atoms with E-state index in [-0.39, 0.29) is 28.5 Å². The zero-order chi connectivity index (χ0) is 23.2. The first kappa shape index (κ1) is 21.3. The molecule has 2 aliphatic heterocycles. The fourth-order valence-corrected chi connectivity index (χ4v) is 4.31. The Morgan fingerprint density at radius 1 is 0.697 bits per heavy atom. The van der Waals surface area contributed by atoms with Gasteiger partial charge < -0.3 is 14.4 Å². The highest BCUT2D eigenvalue weighted by molar-refractivity contribution is 5.95. The lowest BCUT2D eigenvalue weighted by Crippen LogP contribution is -2.37. The molecule has 2 aliphatic rings. The first-order valence-electron chi connectivity index (χ1n) is 10.6. The predicted molar refractivity (Wildman–Crippen MR) is 111 cm³/mol. The minimum atomic E-state index is -2.05. The van der Waals surface area contributed by atoms with Gasteiger partial charge >= 0.3 is 5.79 Å². The third kappa shape index (κ3) is 3.90. The second-order valence-electron chi connectivity index (χ2n) is 8.15. The number of ether oxygens (including phenoxy) is 2. The third-order valence-corrected chi connectivity index (χ3v) is 5.83. The van der Waals surface area contributed by atoms with Crippen LogP contribution < -0.4 is 9.47 Å². The van der Waals surface area contributed by atoms with Crippen LogP contribution in [0.25, 0.3) is 0 Å². The van der Waals surface area contributed by atoms with E-state index in [1.54, 1.807) is 11.0 Å². The lowest BCUT2D eigenvalue weighted by Gasteiger charge is -2.29. The first-order valence-corrected chi connectivity index (χ1v) is 10.6. The Labute approximate surface area is 187 Å². The van der Waals surface area contributed by atoms with Crippen molar-refractivity contribution in [2.45, 2.75) is 25.0 Å². The van der Waals surface area contributed by atoms with Crippen molar-refractivity contribution in [1.29, 1.82) is 0 Å². The number of carbonyl (C=O) groups excluding carboxylic acids is 1. The number of amides is 1. The number of nitrogens with zero attached hydrogens (tertiary/aromatic N) is 1. The second-order valence-corrected chi connectivity index (χ2v) is 8.15. The fourth-order valence-electron chi connectivity index (χ4n) is 4.31. The number of benzene rings is 3. The summed E-state index contributed by atoms with van der Waals surface area (Å²) >= 11 is 0. The summed E-state index contributed by atoms with van der Waals surface area (Å²) in [7, 11) is 0. The van der Waals surface area contributed by atoms with Gasteiger partial charge in [0.1, 0.15) is 23.3 Å². The summed E-state index contributed by atoms with van der Waals surface area (Å²) in [6.45, 7) is 1.31. The standard InChI is InChI=1S/C25H19F4NO3/c26-18-9-16(10-19(27)13-18)25(17-11-20(28)14-21(29)12-17)32-22-5-4-15(8-23(22)33-25)24(31)30-6-2-1-3-7-30/h4-5,8-14H,1-3,6-7H2. The molecule has 3 aromatic rings. The van der Waals surface area contributed by atoms with E-state index in [2.05, 4.69) is 0 Å². The van der Waals surface area contributed by atoms with Crippen LogP contribution in [-0.2, 0) is 5.79 Å². The number of halogens is 4. The van der Waals surface area contributed by atoms with Crippen LogP contribution in [0.5, 0.6) is 11.5 Å². The van der Waals surface area contributed by atoms with Crippen LogP contribution in [0, 0.1) is 23.3 Å². The number of hydrogen-bond acceptors (Lipinski definition) is 3. The quantitative estimate of drug-likeness (QED) is 0.485. The molecule has 0 spiro atoms. The Bertz CT molecular complexity index is 1150. The van der Waals surface area contributed by atoms with Crippen LogP contribution in [0.3, 0.4) is 0 Å². The van der Waals surface area contributed by atoms with E-state index in [1.807, 2.05) is 0 Å². The molecule has 4 nitrogen and oxygen atoms in total. The number of likely N-dealkylation sites (tertiary alicyclic amines) is 1. The molecule has 0 bridgehead atoms. The molecule has 0 atom stereocenters. The lowest BCUT2D eigenvalue weighted by atomic mass is 9.96. The number of rotatable bonds is 3. The van der Waals surface area contributed by atoms with Gasteiger partial charge in [0.05, 0.1) is 0 Å². The van der Waals surface area contributed by atoms with Crippen LogP contribution in [0.4, 0.5) is 17.6 Å². The smallest absolute Gasteiger partial charge is 0.306 e. The third-order valence-electron chi connectivity index (χ3n) is 5.83. The van der Waals surface area contributed by atoms with Gasteiger partial charge in [-0.25, -0.2) is 17.6 Å². The van der Waals surface area contributed by atoms with Crippen LogP contribution in [-0.4, -0.2) is 23.9 Å². The number of carbonyl (C=O) groups is 1. The molecule has 0 unspecified atom stereocenters. The Kier molecular flexibility index (Phi) is 5.23. The molecular weight excluding hydrogens is 438 g/mol. The van der Waals surface area contributed by atoms with Crippen LogP contribution >= 0.6 is 0 Å². The molecular formula is C25H19F4NO3. The Morgan fingerprint density at radius 2 is 1.21 bits per heavy atom. The van der Waals surface area contributed by atoms with Crippen LogP contribution in [0.15, 0.2) is 54.6 Å². The number of hydrogen-bond donors (Lipinski definition) is 0. The van der Waals surface area contributed by atoms with Gasteiger partial charge in [0, 0.05) is 41.9 Å². The number of fused-ring (bicyclic) bond motifs is 1. The normalized spacial score (nSPS) is 16.7. The van der Waals surface area contributed by atoms with Gasteiger partial charge in [0.2, 0.25) is 0 Å². The molecule has 0 N–H and O–H groups in total. The maximum Gasteiger partial charge on any atom is 0.306 e. The fraction of sp³-hybridized carbons (Fsp3) is 0.240. The molecule has 5 rings (SSSR count). The number of piperidine rings is 1. The molecule has 2 heterocycles. The molecule has 1 fully saturated rings. The molecule has 1 amide bonds. The molecule has 3 aromatic carbocycles. The molecule has 0 saturated carbocycles. The Morgan fingerprint density at radius 3 is 1.76 bits per heavy atom. The SMILES string of the molecule is O=C(c1ccc2c(c1)OC(c1cc(F)cc(F)c1)(c1cc(F)cc(F)c1)O2)N1CCCCC1. The first-order chi connectivity index (χ1) is 15.8. The van der Waals surface area contributed by atoms with E-state index < -0.39 is 29.1 Å². The van der Waals surface area contributed by atoms with Gasteiger partial charge in [-0.15, -0.1) is 0 Å². The average molecular weight is 457 g/mol. The zero-order valence-electron chi connectivity index (χ0n) is 17.4. The van der Waals surface area contributed by atoms with Crippen LogP contribution in [0.2, 0.25) is 0 Å². The topological polar surface area (TPSA) is 38.8 Å². The van der Waals surface area contributed by atoms with Gasteiger partial charge in [-0.1, -0.05) is 0 Å². The van der Waals surface area contributed by atoms with Crippen molar-refractivity contribution in [3.05, 3.63) is 94.6 Å². The second kappa shape index (κ2) is 8.10.